The van der Waals surface area contributed by atoms with E-state index in [4.69, 9.17) is 4.74 Å². The van der Waals surface area contributed by atoms with Crippen molar-refractivity contribution in [3.63, 3.8) is 0 Å². The lowest BCUT2D eigenvalue weighted by molar-refractivity contribution is -0.127. The maximum absolute atomic E-state index is 12.4. The van der Waals surface area contributed by atoms with Gasteiger partial charge in [-0.2, -0.15) is 0 Å². The number of nitrogens with zero attached hydrogens (tertiary/aromatic N) is 2. The van der Waals surface area contributed by atoms with Gasteiger partial charge in [0.1, 0.15) is 0 Å². The molecule has 0 saturated carbocycles. The average molecular weight is 323 g/mol. The Morgan fingerprint density at radius 3 is 2.48 bits per heavy atom. The van der Waals surface area contributed by atoms with Crippen molar-refractivity contribution in [2.45, 2.75) is 70.1 Å². The van der Waals surface area contributed by atoms with Crippen molar-refractivity contribution < 1.29 is 9.53 Å². The molecule has 0 spiro atoms. The zero-order valence-corrected chi connectivity index (χ0v) is 14.6. The van der Waals surface area contributed by atoms with Crippen LogP contribution in [0.4, 0.5) is 0 Å². The Morgan fingerprint density at radius 1 is 1.09 bits per heavy atom. The van der Waals surface area contributed by atoms with Gasteiger partial charge in [-0.05, 0) is 58.5 Å². The summed E-state index contributed by atoms with van der Waals surface area (Å²) in [5.41, 5.74) is 0. The van der Waals surface area contributed by atoms with Crippen molar-refractivity contribution in [2.24, 2.45) is 0 Å². The largest absolute Gasteiger partial charge is 0.376 e. The molecule has 0 bridgehead atoms. The van der Waals surface area contributed by atoms with Crippen LogP contribution in [-0.4, -0.2) is 73.2 Å². The fourth-order valence-corrected chi connectivity index (χ4v) is 4.26. The smallest absolute Gasteiger partial charge is 0.237 e. The molecule has 5 nitrogen and oxygen atoms in total. The van der Waals surface area contributed by atoms with Crippen LogP contribution in [0.25, 0.3) is 0 Å². The molecule has 0 aliphatic carbocycles. The maximum Gasteiger partial charge on any atom is 0.237 e. The molecule has 5 heteroatoms. The minimum absolute atomic E-state index is 0.0151. The Labute approximate surface area is 140 Å². The van der Waals surface area contributed by atoms with Crippen LogP contribution in [0, 0.1) is 0 Å². The highest BCUT2D eigenvalue weighted by molar-refractivity contribution is 5.81. The third-order valence-electron chi connectivity index (χ3n) is 5.86. The van der Waals surface area contributed by atoms with E-state index in [0.29, 0.717) is 6.54 Å². The van der Waals surface area contributed by atoms with Gasteiger partial charge in [-0.1, -0.05) is 6.42 Å². The summed E-state index contributed by atoms with van der Waals surface area (Å²) < 4.78 is 5.58. The SMILES string of the molecule is C[C@@H](C(=O)NC[C@@H]1CCCO1)N1CCC(N2CCCCC2)CC1. The van der Waals surface area contributed by atoms with Crippen LogP contribution in [0.5, 0.6) is 0 Å². The topological polar surface area (TPSA) is 44.8 Å². The van der Waals surface area contributed by atoms with E-state index in [1.54, 1.807) is 0 Å². The van der Waals surface area contributed by atoms with E-state index in [2.05, 4.69) is 15.1 Å². The van der Waals surface area contributed by atoms with Crippen LogP contribution in [0.2, 0.25) is 0 Å². The second kappa shape index (κ2) is 8.45. The monoisotopic (exact) mass is 323 g/mol. The molecule has 0 radical (unpaired) electrons. The van der Waals surface area contributed by atoms with Gasteiger partial charge in [0.25, 0.3) is 0 Å². The summed E-state index contributed by atoms with van der Waals surface area (Å²) in [5.74, 6) is 0.164. The van der Waals surface area contributed by atoms with E-state index < -0.39 is 0 Å². The van der Waals surface area contributed by atoms with Gasteiger partial charge in [-0.25, -0.2) is 0 Å². The number of carbonyl (C=O) groups is 1. The van der Waals surface area contributed by atoms with Crippen molar-refractivity contribution in [3.05, 3.63) is 0 Å². The van der Waals surface area contributed by atoms with Crippen LogP contribution >= 0.6 is 0 Å². The number of piperidine rings is 2. The van der Waals surface area contributed by atoms with E-state index in [0.717, 1.165) is 38.6 Å². The number of amides is 1. The number of rotatable bonds is 5. The molecular formula is C18H33N3O2. The number of hydrogen-bond donors (Lipinski definition) is 1. The van der Waals surface area contributed by atoms with Crippen molar-refractivity contribution in [3.8, 4) is 0 Å². The lowest BCUT2D eigenvalue weighted by Gasteiger charge is -2.41. The molecule has 2 atom stereocenters. The van der Waals surface area contributed by atoms with Crippen LogP contribution in [0.3, 0.4) is 0 Å². The summed E-state index contributed by atoms with van der Waals surface area (Å²) >= 11 is 0. The number of ether oxygens (including phenoxy) is 1. The Morgan fingerprint density at radius 2 is 1.83 bits per heavy atom. The molecule has 3 heterocycles. The third kappa shape index (κ3) is 4.68. The number of likely N-dealkylation sites (tertiary alicyclic amines) is 2. The summed E-state index contributed by atoms with van der Waals surface area (Å²) in [6, 6.07) is 0.729. The highest BCUT2D eigenvalue weighted by Crippen LogP contribution is 2.22. The quantitative estimate of drug-likeness (QED) is 0.835. The van der Waals surface area contributed by atoms with Gasteiger partial charge in [0.2, 0.25) is 5.91 Å². The van der Waals surface area contributed by atoms with E-state index in [1.807, 2.05) is 6.92 Å². The molecule has 3 aliphatic rings. The van der Waals surface area contributed by atoms with Gasteiger partial charge in [-0.15, -0.1) is 0 Å². The predicted molar refractivity (Wildman–Crippen MR) is 91.5 cm³/mol. The molecule has 1 N–H and O–H groups in total. The Balaban J connectivity index is 1.38. The molecule has 0 aromatic rings. The van der Waals surface area contributed by atoms with Crippen LogP contribution in [0.15, 0.2) is 0 Å². The molecule has 3 aliphatic heterocycles. The summed E-state index contributed by atoms with van der Waals surface area (Å²) in [7, 11) is 0. The van der Waals surface area contributed by atoms with Gasteiger partial charge in [-0.3, -0.25) is 9.69 Å². The Kier molecular flexibility index (Phi) is 6.31. The number of nitrogens with one attached hydrogen (secondary N) is 1. The number of carbonyl (C=O) groups excluding carboxylic acids is 1. The molecule has 3 fully saturated rings. The molecule has 132 valence electrons. The van der Waals surface area contributed by atoms with Crippen molar-refractivity contribution in [2.75, 3.05) is 39.3 Å². The highest BCUT2D eigenvalue weighted by atomic mass is 16.5. The molecule has 23 heavy (non-hydrogen) atoms. The first kappa shape index (κ1) is 17.2. The first-order valence-electron chi connectivity index (χ1n) is 9.61. The fourth-order valence-electron chi connectivity index (χ4n) is 4.26. The molecule has 0 aromatic carbocycles. The maximum atomic E-state index is 12.4. The van der Waals surface area contributed by atoms with Crippen molar-refractivity contribution >= 4 is 5.91 Å². The molecule has 3 saturated heterocycles. The zero-order chi connectivity index (χ0) is 16.1. The highest BCUT2D eigenvalue weighted by Gasteiger charge is 2.30. The third-order valence-corrected chi connectivity index (χ3v) is 5.86. The molecule has 3 rings (SSSR count). The predicted octanol–water partition coefficient (Wildman–Crippen LogP) is 1.62. The van der Waals surface area contributed by atoms with Crippen molar-refractivity contribution in [1.82, 2.24) is 15.1 Å². The van der Waals surface area contributed by atoms with Gasteiger partial charge in [0.05, 0.1) is 12.1 Å². The van der Waals surface area contributed by atoms with Gasteiger partial charge < -0.3 is 15.0 Å². The zero-order valence-electron chi connectivity index (χ0n) is 14.6. The van der Waals surface area contributed by atoms with Crippen LogP contribution in [0.1, 0.15) is 51.9 Å². The Bertz CT molecular complexity index is 370. The minimum atomic E-state index is -0.0151. The second-order valence-corrected chi connectivity index (χ2v) is 7.42. The van der Waals surface area contributed by atoms with Gasteiger partial charge in [0.15, 0.2) is 0 Å². The summed E-state index contributed by atoms with van der Waals surface area (Å²) in [6.07, 6.45) is 8.99. The van der Waals surface area contributed by atoms with E-state index in [9.17, 15) is 4.79 Å². The first-order valence-corrected chi connectivity index (χ1v) is 9.61. The molecular weight excluding hydrogens is 290 g/mol. The standard InChI is InChI=1S/C18H33N3O2/c1-15(18(22)19-14-17-6-5-13-23-17)20-11-7-16(8-12-20)21-9-3-2-4-10-21/h15-17H,2-14H2,1H3,(H,19,22)/t15-,17-/m0/s1. The normalized spacial score (nSPS) is 29.5. The van der Waals surface area contributed by atoms with E-state index in [-0.39, 0.29) is 18.1 Å². The second-order valence-electron chi connectivity index (χ2n) is 7.42. The average Bonchev–Trinajstić information content (AvgIpc) is 3.13. The summed E-state index contributed by atoms with van der Waals surface area (Å²) in [4.78, 5) is 17.4. The lowest BCUT2D eigenvalue weighted by atomic mass is 9.99. The molecule has 0 aromatic heterocycles. The van der Waals surface area contributed by atoms with Crippen LogP contribution < -0.4 is 5.32 Å². The van der Waals surface area contributed by atoms with Crippen molar-refractivity contribution in [1.29, 1.82) is 0 Å². The van der Waals surface area contributed by atoms with Gasteiger partial charge >= 0.3 is 0 Å². The molecule has 0 unspecified atom stereocenters. The Hall–Kier alpha value is -0.650. The first-order chi connectivity index (χ1) is 11.2. The van der Waals surface area contributed by atoms with E-state index >= 15 is 0 Å². The van der Waals surface area contributed by atoms with E-state index in [1.165, 1.54) is 45.2 Å². The fraction of sp³-hybridized carbons (Fsp3) is 0.944. The summed E-state index contributed by atoms with van der Waals surface area (Å²) in [6.45, 7) is 8.23. The minimum Gasteiger partial charge on any atom is -0.376 e. The number of hydrogen-bond acceptors (Lipinski definition) is 4. The van der Waals surface area contributed by atoms with Gasteiger partial charge in [0, 0.05) is 32.3 Å². The lowest BCUT2D eigenvalue weighted by Crippen LogP contribution is -2.52. The summed E-state index contributed by atoms with van der Waals surface area (Å²) in [5, 5.41) is 3.08. The van der Waals surface area contributed by atoms with Crippen LogP contribution in [-0.2, 0) is 9.53 Å². The molecule has 1 amide bonds.